The minimum atomic E-state index is -0.150. The topological polar surface area (TPSA) is 44.4 Å². The summed E-state index contributed by atoms with van der Waals surface area (Å²) in [7, 11) is 4.00. The van der Waals surface area contributed by atoms with Crippen LogP contribution < -0.4 is 10.6 Å². The van der Waals surface area contributed by atoms with Gasteiger partial charge in [0.05, 0.1) is 0 Å². The van der Waals surface area contributed by atoms with Gasteiger partial charge in [-0.1, -0.05) is 36.4 Å². The van der Waals surface area contributed by atoms with Crippen LogP contribution in [0.5, 0.6) is 0 Å². The van der Waals surface area contributed by atoms with Gasteiger partial charge < -0.3 is 15.5 Å². The first-order valence-electron chi connectivity index (χ1n) is 6.45. The average Bonchev–Trinajstić information content (AvgIpc) is 2.36. The molecule has 2 N–H and O–H groups in total. The van der Waals surface area contributed by atoms with E-state index in [4.69, 9.17) is 0 Å². The molecule has 0 aliphatic rings. The highest BCUT2D eigenvalue weighted by molar-refractivity contribution is 5.74. The van der Waals surface area contributed by atoms with Crippen LogP contribution in [0.25, 0.3) is 0 Å². The van der Waals surface area contributed by atoms with E-state index in [9.17, 15) is 4.79 Å². The Morgan fingerprint density at radius 2 is 2.05 bits per heavy atom. The van der Waals surface area contributed by atoms with Crippen molar-refractivity contribution < 1.29 is 4.79 Å². The molecule has 0 spiro atoms. The molecule has 1 atom stereocenters. The van der Waals surface area contributed by atoms with Crippen molar-refractivity contribution in [1.29, 1.82) is 0 Å². The zero-order valence-electron chi connectivity index (χ0n) is 11.7. The van der Waals surface area contributed by atoms with E-state index in [1.54, 1.807) is 6.08 Å². The highest BCUT2D eigenvalue weighted by Gasteiger charge is 2.13. The molecule has 1 aromatic rings. The molecule has 0 heterocycles. The van der Waals surface area contributed by atoms with E-state index in [2.05, 4.69) is 34.2 Å². The first-order chi connectivity index (χ1) is 9.11. The van der Waals surface area contributed by atoms with Gasteiger partial charge in [-0.3, -0.25) is 0 Å². The van der Waals surface area contributed by atoms with E-state index in [0.29, 0.717) is 6.54 Å². The summed E-state index contributed by atoms with van der Waals surface area (Å²) >= 11 is 0. The molecule has 1 aromatic carbocycles. The fourth-order valence-corrected chi connectivity index (χ4v) is 1.90. The Hall–Kier alpha value is -1.81. The van der Waals surface area contributed by atoms with Crippen LogP contribution in [-0.4, -0.2) is 44.2 Å². The summed E-state index contributed by atoms with van der Waals surface area (Å²) < 4.78 is 0. The highest BCUT2D eigenvalue weighted by Crippen LogP contribution is 2.04. The van der Waals surface area contributed by atoms with Crippen molar-refractivity contribution in [2.75, 3.05) is 27.2 Å². The van der Waals surface area contributed by atoms with Gasteiger partial charge in [-0.2, -0.15) is 0 Å². The lowest BCUT2D eigenvalue weighted by Crippen LogP contribution is -2.47. The number of hydrogen-bond donors (Lipinski definition) is 2. The fourth-order valence-electron chi connectivity index (χ4n) is 1.90. The number of rotatable bonds is 7. The Balaban J connectivity index is 2.56. The van der Waals surface area contributed by atoms with E-state index in [1.807, 2.05) is 32.3 Å². The van der Waals surface area contributed by atoms with E-state index < -0.39 is 0 Å². The van der Waals surface area contributed by atoms with Gasteiger partial charge in [-0.15, -0.1) is 6.58 Å². The number of likely N-dealkylation sites (N-methyl/N-ethyl adjacent to an activating group) is 1. The lowest BCUT2D eigenvalue weighted by Gasteiger charge is -2.22. The molecule has 0 fully saturated rings. The van der Waals surface area contributed by atoms with Crippen molar-refractivity contribution in [3.8, 4) is 0 Å². The second-order valence-corrected chi connectivity index (χ2v) is 4.79. The Kier molecular flexibility index (Phi) is 6.68. The maximum atomic E-state index is 11.7. The minimum Gasteiger partial charge on any atom is -0.335 e. The number of urea groups is 1. The van der Waals surface area contributed by atoms with Crippen LogP contribution in [0.2, 0.25) is 0 Å². The van der Waals surface area contributed by atoms with Gasteiger partial charge in [0.25, 0.3) is 0 Å². The molecule has 1 rings (SSSR count). The lowest BCUT2D eigenvalue weighted by molar-refractivity contribution is 0.233. The van der Waals surface area contributed by atoms with Crippen molar-refractivity contribution in [1.82, 2.24) is 15.5 Å². The van der Waals surface area contributed by atoms with Crippen LogP contribution >= 0.6 is 0 Å². The van der Waals surface area contributed by atoms with Gasteiger partial charge in [-0.05, 0) is 26.1 Å². The second kappa shape index (κ2) is 8.32. The average molecular weight is 261 g/mol. The number of hydrogen-bond acceptors (Lipinski definition) is 2. The third-order valence-corrected chi connectivity index (χ3v) is 2.65. The van der Waals surface area contributed by atoms with Gasteiger partial charge in [-0.25, -0.2) is 4.79 Å². The molecule has 0 aliphatic carbocycles. The molecule has 4 heteroatoms. The Labute approximate surface area is 115 Å². The second-order valence-electron chi connectivity index (χ2n) is 4.79. The van der Waals surface area contributed by atoms with E-state index in [-0.39, 0.29) is 12.1 Å². The summed E-state index contributed by atoms with van der Waals surface area (Å²) in [5.74, 6) is 0. The maximum absolute atomic E-state index is 11.7. The molecule has 0 saturated carbocycles. The maximum Gasteiger partial charge on any atom is 0.315 e. The van der Waals surface area contributed by atoms with Crippen LogP contribution in [0.15, 0.2) is 43.0 Å². The zero-order chi connectivity index (χ0) is 14.1. The van der Waals surface area contributed by atoms with Gasteiger partial charge in [0.1, 0.15) is 0 Å². The molecular weight excluding hydrogens is 238 g/mol. The predicted molar refractivity (Wildman–Crippen MR) is 79.2 cm³/mol. The van der Waals surface area contributed by atoms with Gasteiger partial charge >= 0.3 is 6.03 Å². The predicted octanol–water partition coefficient (Wildman–Crippen LogP) is 1.64. The summed E-state index contributed by atoms with van der Waals surface area (Å²) in [6.07, 6.45) is 2.48. The van der Waals surface area contributed by atoms with Crippen molar-refractivity contribution in [3.05, 3.63) is 48.6 Å². The number of carbonyl (C=O) groups excluding carboxylic acids is 1. The van der Waals surface area contributed by atoms with Crippen LogP contribution in [0.4, 0.5) is 4.79 Å². The molecule has 0 bridgehead atoms. The molecule has 19 heavy (non-hydrogen) atoms. The summed E-state index contributed by atoms with van der Waals surface area (Å²) in [6, 6.07) is 10.1. The van der Waals surface area contributed by atoms with Crippen molar-refractivity contribution >= 4 is 6.03 Å². The van der Waals surface area contributed by atoms with Crippen LogP contribution in [0.1, 0.15) is 5.56 Å². The molecule has 0 saturated heterocycles. The normalized spacial score (nSPS) is 11.9. The number of carbonyl (C=O) groups is 1. The smallest absolute Gasteiger partial charge is 0.315 e. The molecule has 104 valence electrons. The minimum absolute atomic E-state index is 0.0854. The van der Waals surface area contributed by atoms with Crippen LogP contribution in [0.3, 0.4) is 0 Å². The number of nitrogens with zero attached hydrogens (tertiary/aromatic N) is 1. The quantitative estimate of drug-likeness (QED) is 0.733. The van der Waals surface area contributed by atoms with E-state index >= 15 is 0 Å². The monoisotopic (exact) mass is 261 g/mol. The third-order valence-electron chi connectivity index (χ3n) is 2.65. The SMILES string of the molecule is C=CCNC(=O)NC(Cc1ccccc1)CN(C)C. The lowest BCUT2D eigenvalue weighted by atomic mass is 10.1. The van der Waals surface area contributed by atoms with Crippen molar-refractivity contribution in [2.24, 2.45) is 0 Å². The van der Waals surface area contributed by atoms with Crippen LogP contribution in [0, 0.1) is 0 Å². The standard InChI is InChI=1S/C15H23N3O/c1-4-10-16-15(19)17-14(12-18(2)3)11-13-8-6-5-7-9-13/h4-9,14H,1,10-12H2,2-3H3,(H2,16,17,19). The fraction of sp³-hybridized carbons (Fsp3) is 0.400. The summed E-state index contributed by atoms with van der Waals surface area (Å²) in [4.78, 5) is 13.8. The Morgan fingerprint density at radius 1 is 1.37 bits per heavy atom. The van der Waals surface area contributed by atoms with E-state index in [1.165, 1.54) is 5.56 Å². The molecule has 0 radical (unpaired) electrons. The molecule has 4 nitrogen and oxygen atoms in total. The van der Waals surface area contributed by atoms with Crippen molar-refractivity contribution in [3.63, 3.8) is 0 Å². The molecule has 1 unspecified atom stereocenters. The zero-order valence-corrected chi connectivity index (χ0v) is 11.7. The van der Waals surface area contributed by atoms with Crippen LogP contribution in [-0.2, 0) is 6.42 Å². The highest BCUT2D eigenvalue weighted by atomic mass is 16.2. The van der Waals surface area contributed by atoms with Gasteiger partial charge in [0.15, 0.2) is 0 Å². The number of nitrogens with one attached hydrogen (secondary N) is 2. The molecule has 0 aromatic heterocycles. The first kappa shape index (κ1) is 15.2. The first-order valence-corrected chi connectivity index (χ1v) is 6.45. The molecular formula is C15H23N3O. The summed E-state index contributed by atoms with van der Waals surface area (Å²) in [5, 5.41) is 5.73. The number of amides is 2. The largest absolute Gasteiger partial charge is 0.335 e. The molecule has 2 amide bonds. The van der Waals surface area contributed by atoms with Crippen molar-refractivity contribution in [2.45, 2.75) is 12.5 Å². The summed E-state index contributed by atoms with van der Waals surface area (Å²) in [5.41, 5.74) is 1.22. The third kappa shape index (κ3) is 6.62. The molecule has 0 aliphatic heterocycles. The summed E-state index contributed by atoms with van der Waals surface area (Å²) in [6.45, 7) is 4.86. The Bertz CT molecular complexity index is 390. The Morgan fingerprint density at radius 3 is 2.63 bits per heavy atom. The van der Waals surface area contributed by atoms with Gasteiger partial charge in [0.2, 0.25) is 0 Å². The number of benzene rings is 1. The van der Waals surface area contributed by atoms with E-state index in [0.717, 1.165) is 13.0 Å². The van der Waals surface area contributed by atoms with Gasteiger partial charge in [0, 0.05) is 19.1 Å².